The number of hydrogen-bond donors (Lipinski definition) is 2. The van der Waals surface area contributed by atoms with Gasteiger partial charge in [0.25, 0.3) is 0 Å². The van der Waals surface area contributed by atoms with Crippen LogP contribution in [-0.2, 0) is 6.42 Å². The Labute approximate surface area is 152 Å². The molecule has 0 aliphatic carbocycles. The standard InChI is InChI=1S/C19H20ClN5/c1-13-3-8-17(11-14(13)2)23-19-24-18(12-22-25-19)21-10-9-15-4-6-16(20)7-5-15/h3-8,11-12H,9-10H2,1-2H3,(H2,21,23,24,25). The number of anilines is 3. The van der Waals surface area contributed by atoms with Crippen molar-refractivity contribution < 1.29 is 0 Å². The summed E-state index contributed by atoms with van der Waals surface area (Å²) in [6.45, 7) is 4.92. The lowest BCUT2D eigenvalue weighted by Crippen LogP contribution is -2.08. The lowest BCUT2D eigenvalue weighted by atomic mass is 10.1. The molecule has 0 saturated heterocycles. The molecule has 0 bridgehead atoms. The van der Waals surface area contributed by atoms with Crippen molar-refractivity contribution in [2.75, 3.05) is 17.2 Å². The van der Waals surface area contributed by atoms with Crippen LogP contribution in [0.4, 0.5) is 17.5 Å². The zero-order chi connectivity index (χ0) is 17.6. The van der Waals surface area contributed by atoms with Gasteiger partial charge in [-0.1, -0.05) is 29.8 Å². The smallest absolute Gasteiger partial charge is 0.249 e. The molecule has 0 spiro atoms. The van der Waals surface area contributed by atoms with Crippen molar-refractivity contribution in [2.45, 2.75) is 20.3 Å². The van der Waals surface area contributed by atoms with Gasteiger partial charge in [0, 0.05) is 17.3 Å². The monoisotopic (exact) mass is 353 g/mol. The molecule has 0 atom stereocenters. The van der Waals surface area contributed by atoms with Gasteiger partial charge in [0.2, 0.25) is 5.95 Å². The third-order valence-electron chi connectivity index (χ3n) is 3.95. The van der Waals surface area contributed by atoms with E-state index in [1.54, 1.807) is 6.20 Å². The molecular formula is C19H20ClN5. The van der Waals surface area contributed by atoms with Crippen molar-refractivity contribution in [3.05, 3.63) is 70.4 Å². The normalized spacial score (nSPS) is 10.5. The van der Waals surface area contributed by atoms with Crippen LogP contribution >= 0.6 is 11.6 Å². The van der Waals surface area contributed by atoms with Gasteiger partial charge in [-0.05, 0) is 61.2 Å². The number of hydrogen-bond acceptors (Lipinski definition) is 5. The SMILES string of the molecule is Cc1ccc(Nc2nncc(NCCc3ccc(Cl)cc3)n2)cc1C. The number of aromatic nitrogens is 3. The molecule has 1 aromatic heterocycles. The first kappa shape index (κ1) is 17.2. The van der Waals surface area contributed by atoms with E-state index in [9.17, 15) is 0 Å². The van der Waals surface area contributed by atoms with Crippen LogP contribution in [0, 0.1) is 13.8 Å². The van der Waals surface area contributed by atoms with Gasteiger partial charge >= 0.3 is 0 Å². The molecule has 25 heavy (non-hydrogen) atoms. The summed E-state index contributed by atoms with van der Waals surface area (Å²) in [5.74, 6) is 1.16. The second-order valence-electron chi connectivity index (χ2n) is 5.89. The average Bonchev–Trinajstić information content (AvgIpc) is 2.60. The van der Waals surface area contributed by atoms with Crippen LogP contribution in [0.1, 0.15) is 16.7 Å². The van der Waals surface area contributed by atoms with Crippen molar-refractivity contribution >= 4 is 29.1 Å². The Balaban J connectivity index is 1.59. The van der Waals surface area contributed by atoms with Crippen molar-refractivity contribution in [2.24, 2.45) is 0 Å². The van der Waals surface area contributed by atoms with E-state index in [2.05, 4.69) is 51.8 Å². The van der Waals surface area contributed by atoms with Crippen LogP contribution < -0.4 is 10.6 Å². The van der Waals surface area contributed by atoms with Gasteiger partial charge in [-0.15, -0.1) is 5.10 Å². The highest BCUT2D eigenvalue weighted by molar-refractivity contribution is 6.30. The molecule has 0 aliphatic rings. The molecule has 3 rings (SSSR count). The summed E-state index contributed by atoms with van der Waals surface area (Å²) in [5, 5.41) is 15.2. The molecular weight excluding hydrogens is 334 g/mol. The summed E-state index contributed by atoms with van der Waals surface area (Å²) in [5.41, 5.74) is 4.63. The summed E-state index contributed by atoms with van der Waals surface area (Å²) in [6, 6.07) is 14.0. The second kappa shape index (κ2) is 7.94. The number of aryl methyl sites for hydroxylation is 2. The molecule has 128 valence electrons. The maximum atomic E-state index is 5.90. The molecule has 0 saturated carbocycles. The molecule has 0 aliphatic heterocycles. The maximum absolute atomic E-state index is 5.90. The number of benzene rings is 2. The Bertz CT molecular complexity index is 849. The molecule has 6 heteroatoms. The average molecular weight is 354 g/mol. The van der Waals surface area contributed by atoms with Crippen molar-refractivity contribution in [3.8, 4) is 0 Å². The topological polar surface area (TPSA) is 62.7 Å². The molecule has 0 fully saturated rings. The van der Waals surface area contributed by atoms with E-state index in [1.807, 2.05) is 30.3 Å². The van der Waals surface area contributed by atoms with E-state index in [1.165, 1.54) is 16.7 Å². The van der Waals surface area contributed by atoms with Crippen molar-refractivity contribution in [3.63, 3.8) is 0 Å². The van der Waals surface area contributed by atoms with Gasteiger partial charge in [-0.2, -0.15) is 10.1 Å². The van der Waals surface area contributed by atoms with E-state index in [4.69, 9.17) is 11.6 Å². The van der Waals surface area contributed by atoms with E-state index >= 15 is 0 Å². The summed E-state index contributed by atoms with van der Waals surface area (Å²) >= 11 is 5.90. The number of nitrogens with one attached hydrogen (secondary N) is 2. The van der Waals surface area contributed by atoms with Gasteiger partial charge in [0.05, 0.1) is 6.20 Å². The molecule has 3 aromatic rings. The zero-order valence-electron chi connectivity index (χ0n) is 14.3. The Morgan fingerprint density at radius 1 is 1.00 bits per heavy atom. The van der Waals surface area contributed by atoms with E-state index < -0.39 is 0 Å². The summed E-state index contributed by atoms with van der Waals surface area (Å²) in [6.07, 6.45) is 2.49. The Morgan fingerprint density at radius 3 is 2.56 bits per heavy atom. The van der Waals surface area contributed by atoms with Crippen LogP contribution in [0.5, 0.6) is 0 Å². The molecule has 0 amide bonds. The van der Waals surface area contributed by atoms with Crippen molar-refractivity contribution in [1.82, 2.24) is 15.2 Å². The van der Waals surface area contributed by atoms with Gasteiger partial charge < -0.3 is 10.6 Å². The highest BCUT2D eigenvalue weighted by Crippen LogP contribution is 2.17. The number of rotatable bonds is 6. The van der Waals surface area contributed by atoms with Gasteiger partial charge in [-0.3, -0.25) is 0 Å². The van der Waals surface area contributed by atoms with Crippen LogP contribution in [0.2, 0.25) is 5.02 Å². The number of nitrogens with zero attached hydrogens (tertiary/aromatic N) is 3. The minimum absolute atomic E-state index is 0.472. The van der Waals surface area contributed by atoms with Crippen LogP contribution in [0.15, 0.2) is 48.7 Å². The summed E-state index contributed by atoms with van der Waals surface area (Å²) in [4.78, 5) is 4.45. The highest BCUT2D eigenvalue weighted by atomic mass is 35.5. The number of halogens is 1. The third-order valence-corrected chi connectivity index (χ3v) is 4.21. The minimum Gasteiger partial charge on any atom is -0.368 e. The first-order valence-corrected chi connectivity index (χ1v) is 8.50. The minimum atomic E-state index is 0.472. The lowest BCUT2D eigenvalue weighted by molar-refractivity contribution is 0.950. The summed E-state index contributed by atoms with van der Waals surface area (Å²) in [7, 11) is 0. The zero-order valence-corrected chi connectivity index (χ0v) is 15.0. The molecule has 2 aromatic carbocycles. The Kier molecular flexibility index (Phi) is 5.46. The predicted octanol–water partition coefficient (Wildman–Crippen LogP) is 4.54. The lowest BCUT2D eigenvalue weighted by Gasteiger charge is -2.09. The summed E-state index contributed by atoms with van der Waals surface area (Å²) < 4.78 is 0. The first-order valence-electron chi connectivity index (χ1n) is 8.12. The first-order chi connectivity index (χ1) is 12.1. The van der Waals surface area contributed by atoms with E-state index in [0.717, 1.165) is 23.7 Å². The van der Waals surface area contributed by atoms with Gasteiger partial charge in [0.15, 0.2) is 5.82 Å². The van der Waals surface area contributed by atoms with Gasteiger partial charge in [-0.25, -0.2) is 0 Å². The van der Waals surface area contributed by atoms with Gasteiger partial charge in [0.1, 0.15) is 0 Å². The van der Waals surface area contributed by atoms with Crippen molar-refractivity contribution in [1.29, 1.82) is 0 Å². The Morgan fingerprint density at radius 2 is 1.80 bits per heavy atom. The fourth-order valence-corrected chi connectivity index (χ4v) is 2.50. The predicted molar refractivity (Wildman–Crippen MR) is 103 cm³/mol. The molecule has 2 N–H and O–H groups in total. The van der Waals surface area contributed by atoms with Crippen LogP contribution in [0.25, 0.3) is 0 Å². The highest BCUT2D eigenvalue weighted by Gasteiger charge is 2.03. The molecule has 0 radical (unpaired) electrons. The van der Waals surface area contributed by atoms with Crippen LogP contribution in [-0.4, -0.2) is 21.7 Å². The maximum Gasteiger partial charge on any atom is 0.249 e. The van der Waals surface area contributed by atoms with E-state index in [-0.39, 0.29) is 0 Å². The third kappa shape index (κ3) is 4.90. The fraction of sp³-hybridized carbons (Fsp3) is 0.211. The molecule has 0 unspecified atom stereocenters. The Hall–Kier alpha value is -2.66. The van der Waals surface area contributed by atoms with Crippen LogP contribution in [0.3, 0.4) is 0 Å². The largest absolute Gasteiger partial charge is 0.368 e. The second-order valence-corrected chi connectivity index (χ2v) is 6.33. The van der Waals surface area contributed by atoms with E-state index in [0.29, 0.717) is 11.8 Å². The molecule has 5 nitrogen and oxygen atoms in total. The fourth-order valence-electron chi connectivity index (χ4n) is 2.38. The quantitative estimate of drug-likeness (QED) is 0.681. The molecule has 1 heterocycles.